The molecule has 51 heavy (non-hydrogen) atoms. The number of halogens is 6. The summed E-state index contributed by atoms with van der Waals surface area (Å²) < 4.78 is 109. The highest BCUT2D eigenvalue weighted by Gasteiger charge is 2.37. The number of aromatic nitrogens is 4. The second-order valence-corrected chi connectivity index (χ2v) is 14.7. The Morgan fingerprint density at radius 2 is 1.75 bits per heavy atom. The van der Waals surface area contributed by atoms with Crippen molar-refractivity contribution < 1.29 is 44.3 Å². The molecule has 0 radical (unpaired) electrons. The van der Waals surface area contributed by atoms with Gasteiger partial charge in [0.2, 0.25) is 21.9 Å². The van der Waals surface area contributed by atoms with Gasteiger partial charge in [-0.15, -0.1) is 0 Å². The molecule has 3 aliphatic rings. The summed E-state index contributed by atoms with van der Waals surface area (Å²) in [4.78, 5) is 35.6. The number of hydrogen-bond donors (Lipinski definition) is 2. The molecule has 1 aromatic carbocycles. The maximum absolute atomic E-state index is 13.8. The van der Waals surface area contributed by atoms with Gasteiger partial charge in [0.25, 0.3) is 0 Å². The number of imide groups is 1. The largest absolute Gasteiger partial charge is 0.419 e. The van der Waals surface area contributed by atoms with Gasteiger partial charge in [0.05, 0.1) is 16.8 Å². The number of sulfonamides is 1. The molecule has 3 saturated heterocycles. The monoisotopic (exact) mass is 743 g/mol. The van der Waals surface area contributed by atoms with Gasteiger partial charge in [-0.3, -0.25) is 19.7 Å². The molecular weight excluding hydrogens is 708 g/mol. The van der Waals surface area contributed by atoms with E-state index < -0.39 is 52.3 Å². The van der Waals surface area contributed by atoms with E-state index in [0.717, 1.165) is 37.3 Å². The Labute approximate surface area is 289 Å². The average Bonchev–Trinajstić information content (AvgIpc) is 3.52. The first kappa shape index (κ1) is 36.5. The van der Waals surface area contributed by atoms with E-state index in [-0.39, 0.29) is 60.7 Å². The van der Waals surface area contributed by atoms with E-state index in [9.17, 15) is 44.3 Å². The number of amides is 3. The van der Waals surface area contributed by atoms with E-state index in [4.69, 9.17) is 0 Å². The second-order valence-electron chi connectivity index (χ2n) is 12.8. The Morgan fingerprint density at radius 1 is 0.980 bits per heavy atom. The minimum Gasteiger partial charge on any atom is -0.351 e. The predicted octanol–water partition coefficient (Wildman–Crippen LogP) is 4.09. The number of nitrogens with zero attached hydrogens (tertiary/aromatic N) is 7. The average molecular weight is 744 g/mol. The molecule has 3 amide bonds. The Bertz CT molecular complexity index is 1860. The van der Waals surface area contributed by atoms with Gasteiger partial charge in [0.1, 0.15) is 12.1 Å². The molecule has 1 unspecified atom stereocenters. The number of benzene rings is 1. The van der Waals surface area contributed by atoms with Crippen molar-refractivity contribution in [2.24, 2.45) is 0 Å². The fourth-order valence-corrected chi connectivity index (χ4v) is 8.16. The highest BCUT2D eigenvalue weighted by atomic mass is 32.2. The molecule has 0 bridgehead atoms. The van der Waals surface area contributed by atoms with Gasteiger partial charge in [-0.05, 0) is 49.9 Å². The van der Waals surface area contributed by atoms with Crippen molar-refractivity contribution in [1.82, 2.24) is 39.2 Å². The number of anilines is 1. The standard InChI is InChI=1S/C31H35F6N9O4S/c32-30(33,34)19-44-17-21(14-39-44)27-25(31(35,36)37)15-38-28(42-27)40-22-6-10-45(11-7-22)51(49,50)24-5-1-3-20(13-24)16-43-9-2-4-23(18-43)46-12-8-26(47)41-29(46)48/h1,3,5,13-15,17,22-23H,2,4,6-12,16,18-19H2,(H,38,40,42)(H,41,47,48). The summed E-state index contributed by atoms with van der Waals surface area (Å²) >= 11 is 0. The van der Waals surface area contributed by atoms with Crippen molar-refractivity contribution in [3.05, 3.63) is 54.0 Å². The predicted molar refractivity (Wildman–Crippen MR) is 169 cm³/mol. The number of urea groups is 1. The van der Waals surface area contributed by atoms with Crippen LogP contribution in [0.3, 0.4) is 0 Å². The Kier molecular flexibility index (Phi) is 10.3. The van der Waals surface area contributed by atoms with Crippen molar-refractivity contribution >= 4 is 27.9 Å². The van der Waals surface area contributed by atoms with Gasteiger partial charge < -0.3 is 10.2 Å². The number of likely N-dealkylation sites (tertiary alicyclic amines) is 1. The van der Waals surface area contributed by atoms with E-state index in [1.54, 1.807) is 17.0 Å². The lowest BCUT2D eigenvalue weighted by atomic mass is 10.0. The van der Waals surface area contributed by atoms with E-state index in [0.29, 0.717) is 30.5 Å². The number of piperidine rings is 2. The maximum Gasteiger partial charge on any atom is 0.419 e. The molecule has 0 aliphatic carbocycles. The van der Waals surface area contributed by atoms with Crippen molar-refractivity contribution in [2.45, 2.75) is 74.5 Å². The summed E-state index contributed by atoms with van der Waals surface area (Å²) in [5, 5.41) is 8.83. The van der Waals surface area contributed by atoms with Crippen LogP contribution >= 0.6 is 0 Å². The molecule has 13 nitrogen and oxygen atoms in total. The lowest BCUT2D eigenvalue weighted by Crippen LogP contribution is -2.57. The Balaban J connectivity index is 1.08. The number of carbonyl (C=O) groups excluding carboxylic acids is 2. The molecule has 276 valence electrons. The molecule has 0 spiro atoms. The normalized spacial score (nSPS) is 20.4. The quantitative estimate of drug-likeness (QED) is 0.310. The zero-order chi connectivity index (χ0) is 36.6. The van der Waals surface area contributed by atoms with Crippen LogP contribution in [-0.2, 0) is 34.1 Å². The molecular formula is C31H35F6N9O4S. The van der Waals surface area contributed by atoms with E-state index in [1.807, 2.05) is 6.07 Å². The first-order valence-electron chi connectivity index (χ1n) is 16.3. The third kappa shape index (κ3) is 8.78. The van der Waals surface area contributed by atoms with Gasteiger partial charge in [-0.25, -0.2) is 23.2 Å². The van der Waals surface area contributed by atoms with Crippen LogP contribution in [0, 0.1) is 0 Å². The molecule has 6 rings (SSSR count). The van der Waals surface area contributed by atoms with Gasteiger partial charge in [-0.2, -0.15) is 35.7 Å². The number of alkyl halides is 6. The maximum atomic E-state index is 13.8. The van der Waals surface area contributed by atoms with Crippen molar-refractivity contribution in [3.63, 3.8) is 0 Å². The zero-order valence-electron chi connectivity index (χ0n) is 27.1. The van der Waals surface area contributed by atoms with Crippen molar-refractivity contribution in [1.29, 1.82) is 0 Å². The van der Waals surface area contributed by atoms with Crippen LogP contribution in [0.15, 0.2) is 47.8 Å². The third-order valence-electron chi connectivity index (χ3n) is 9.08. The first-order valence-corrected chi connectivity index (χ1v) is 17.7. The van der Waals surface area contributed by atoms with Crippen LogP contribution in [0.1, 0.15) is 43.2 Å². The van der Waals surface area contributed by atoms with Crippen LogP contribution < -0.4 is 10.6 Å². The van der Waals surface area contributed by atoms with Crippen molar-refractivity contribution in [3.8, 4) is 11.3 Å². The summed E-state index contributed by atoms with van der Waals surface area (Å²) in [6, 6.07) is 5.81. The molecule has 2 aromatic heterocycles. The topological polar surface area (TPSA) is 146 Å². The molecule has 3 aliphatic heterocycles. The molecule has 2 N–H and O–H groups in total. The molecule has 3 fully saturated rings. The van der Waals surface area contributed by atoms with E-state index >= 15 is 0 Å². The minimum atomic E-state index is -4.89. The lowest BCUT2D eigenvalue weighted by molar-refractivity contribution is -0.142. The van der Waals surface area contributed by atoms with Gasteiger partial charge >= 0.3 is 18.4 Å². The fourth-order valence-electron chi connectivity index (χ4n) is 6.62. The van der Waals surface area contributed by atoms with E-state index in [1.165, 1.54) is 10.4 Å². The van der Waals surface area contributed by atoms with Crippen molar-refractivity contribution in [2.75, 3.05) is 38.0 Å². The van der Waals surface area contributed by atoms with Gasteiger partial charge in [0, 0.05) is 69.2 Å². The third-order valence-corrected chi connectivity index (χ3v) is 11.0. The summed E-state index contributed by atoms with van der Waals surface area (Å²) in [5.74, 6) is -0.479. The molecule has 3 aromatic rings. The molecule has 1 atom stereocenters. The first-order chi connectivity index (χ1) is 24.0. The van der Waals surface area contributed by atoms with Crippen LogP contribution in [-0.4, -0.2) is 105 Å². The zero-order valence-corrected chi connectivity index (χ0v) is 27.9. The summed E-state index contributed by atoms with van der Waals surface area (Å²) in [5.41, 5.74) is -1.37. The lowest BCUT2D eigenvalue weighted by Gasteiger charge is -2.40. The second kappa shape index (κ2) is 14.4. The molecule has 5 heterocycles. The van der Waals surface area contributed by atoms with Crippen LogP contribution in [0.4, 0.5) is 37.1 Å². The summed E-state index contributed by atoms with van der Waals surface area (Å²) in [7, 11) is -3.89. The number of rotatable bonds is 9. The minimum absolute atomic E-state index is 0.0597. The number of carbonyl (C=O) groups is 2. The Hall–Kier alpha value is -4.30. The fraction of sp³-hybridized carbons (Fsp3) is 0.516. The molecule has 20 heteroatoms. The number of nitrogens with one attached hydrogen (secondary N) is 2. The highest BCUT2D eigenvalue weighted by molar-refractivity contribution is 7.89. The Morgan fingerprint density at radius 3 is 2.45 bits per heavy atom. The van der Waals surface area contributed by atoms with Crippen LogP contribution in [0.25, 0.3) is 11.3 Å². The van der Waals surface area contributed by atoms with E-state index in [2.05, 4.69) is 30.6 Å². The van der Waals surface area contributed by atoms with Crippen LogP contribution in [0.2, 0.25) is 0 Å². The molecule has 0 saturated carbocycles. The number of hydrogen-bond acceptors (Lipinski definition) is 9. The summed E-state index contributed by atoms with van der Waals surface area (Å²) in [6.07, 6.45) is -4.80. The smallest absolute Gasteiger partial charge is 0.351 e. The SMILES string of the molecule is O=C1CCN(C2CCCN(Cc3cccc(S(=O)(=O)N4CCC(Nc5ncc(C(F)(F)F)c(-c6cnn(CC(F)(F)F)c6)n5)CC4)c3)C2)C(=O)N1. The van der Waals surface area contributed by atoms with Crippen LogP contribution in [0.5, 0.6) is 0 Å². The van der Waals surface area contributed by atoms with Gasteiger partial charge in [0.15, 0.2) is 0 Å². The summed E-state index contributed by atoms with van der Waals surface area (Å²) in [6.45, 7) is 0.923. The highest BCUT2D eigenvalue weighted by Crippen LogP contribution is 2.36. The van der Waals surface area contributed by atoms with Gasteiger partial charge in [-0.1, -0.05) is 12.1 Å².